The first-order chi connectivity index (χ1) is 17.9. The Morgan fingerprint density at radius 2 is 1.57 bits per heavy atom. The van der Waals surface area contributed by atoms with Crippen molar-refractivity contribution >= 4 is 23.0 Å². The van der Waals surface area contributed by atoms with Crippen LogP contribution >= 0.6 is 0 Å². The Morgan fingerprint density at radius 3 is 2.24 bits per heavy atom. The summed E-state index contributed by atoms with van der Waals surface area (Å²) >= 11 is 0. The lowest BCUT2D eigenvalue weighted by Crippen LogP contribution is -2.58. The van der Waals surface area contributed by atoms with Crippen LogP contribution in [0.1, 0.15) is 48.9 Å². The molecule has 0 radical (unpaired) electrons. The lowest BCUT2D eigenvalue weighted by Gasteiger charge is -2.57. The molecule has 4 saturated carbocycles. The molecule has 3 heterocycles. The molecule has 1 N–H and O–H groups in total. The summed E-state index contributed by atoms with van der Waals surface area (Å²) in [6.45, 7) is 2.38. The molecule has 5 aliphatic rings. The molecule has 8 nitrogen and oxygen atoms in total. The van der Waals surface area contributed by atoms with Crippen LogP contribution in [0.25, 0.3) is 22.3 Å². The maximum absolute atomic E-state index is 13.7. The van der Waals surface area contributed by atoms with Crippen molar-refractivity contribution in [2.45, 2.75) is 38.5 Å². The van der Waals surface area contributed by atoms with Crippen molar-refractivity contribution in [2.24, 2.45) is 30.2 Å². The first-order valence-electron chi connectivity index (χ1n) is 13.6. The van der Waals surface area contributed by atoms with E-state index < -0.39 is 0 Å². The number of hydrogen-bond acceptors (Lipinski definition) is 4. The Kier molecular flexibility index (Phi) is 5.10. The Bertz CT molecular complexity index is 1430. The maximum atomic E-state index is 13.7. The van der Waals surface area contributed by atoms with Crippen LogP contribution in [-0.4, -0.2) is 62.3 Å². The average molecular weight is 500 g/mol. The van der Waals surface area contributed by atoms with Gasteiger partial charge in [0.1, 0.15) is 0 Å². The molecule has 8 rings (SSSR count). The Balaban J connectivity index is 1.05. The predicted molar refractivity (Wildman–Crippen MR) is 140 cm³/mol. The summed E-state index contributed by atoms with van der Waals surface area (Å²) in [5.41, 5.74) is 3.30. The summed E-state index contributed by atoms with van der Waals surface area (Å²) in [6, 6.07) is 9.49. The normalized spacial score (nSPS) is 28.7. The molecule has 2 aromatic heterocycles. The van der Waals surface area contributed by atoms with E-state index in [1.807, 2.05) is 35.2 Å². The number of amides is 2. The third-order valence-electron chi connectivity index (χ3n) is 9.55. The Hall–Kier alpha value is -3.42. The molecular weight excluding hydrogens is 466 g/mol. The van der Waals surface area contributed by atoms with E-state index in [0.717, 1.165) is 53.7 Å². The molecule has 5 fully saturated rings. The van der Waals surface area contributed by atoms with Crippen LogP contribution < -0.4 is 5.69 Å². The largest absolute Gasteiger partial charge is 0.339 e. The smallest absolute Gasteiger partial charge is 0.327 e. The van der Waals surface area contributed by atoms with Gasteiger partial charge in [-0.15, -0.1) is 0 Å². The fourth-order valence-electron chi connectivity index (χ4n) is 8.09. The molecule has 3 aromatic rings. The van der Waals surface area contributed by atoms with E-state index in [1.54, 1.807) is 13.2 Å². The molecule has 37 heavy (non-hydrogen) atoms. The number of aryl methyl sites for hydroxylation is 1. The van der Waals surface area contributed by atoms with Gasteiger partial charge < -0.3 is 9.80 Å². The van der Waals surface area contributed by atoms with Gasteiger partial charge in [-0.1, -0.05) is 12.1 Å². The number of H-pyrrole nitrogens is 1. The molecule has 4 bridgehead atoms. The van der Waals surface area contributed by atoms with Crippen LogP contribution in [0, 0.1) is 23.2 Å². The summed E-state index contributed by atoms with van der Waals surface area (Å²) in [5.74, 6) is 2.62. The number of aromatic nitrogens is 3. The van der Waals surface area contributed by atoms with E-state index in [0.29, 0.717) is 43.3 Å². The second kappa shape index (κ2) is 8.30. The van der Waals surface area contributed by atoms with Gasteiger partial charge in [-0.3, -0.25) is 19.1 Å². The zero-order chi connectivity index (χ0) is 25.3. The minimum atomic E-state index is -0.204. The highest BCUT2D eigenvalue weighted by Crippen LogP contribution is 2.60. The number of hydrogen-bond donors (Lipinski definition) is 1. The number of benzene rings is 1. The molecule has 0 spiro atoms. The first-order valence-corrected chi connectivity index (χ1v) is 13.6. The molecule has 2 amide bonds. The summed E-state index contributed by atoms with van der Waals surface area (Å²) in [7, 11) is 1.71. The third kappa shape index (κ3) is 3.71. The molecule has 8 heteroatoms. The Labute approximate surface area is 215 Å². The lowest BCUT2D eigenvalue weighted by atomic mass is 9.49. The van der Waals surface area contributed by atoms with Crippen molar-refractivity contribution in [3.05, 3.63) is 52.6 Å². The maximum Gasteiger partial charge on any atom is 0.327 e. The van der Waals surface area contributed by atoms with Crippen LogP contribution in [-0.2, 0) is 11.8 Å². The van der Waals surface area contributed by atoms with Crippen LogP contribution in [0.5, 0.6) is 0 Å². The number of imidazole rings is 1. The van der Waals surface area contributed by atoms with Gasteiger partial charge in [-0.2, -0.15) is 0 Å². The molecule has 4 aliphatic carbocycles. The quantitative estimate of drug-likeness (QED) is 0.598. The number of nitrogens with one attached hydrogen (secondary N) is 1. The van der Waals surface area contributed by atoms with Gasteiger partial charge in [0.05, 0.1) is 10.9 Å². The molecular formula is C29H33N5O3. The van der Waals surface area contributed by atoms with Crippen molar-refractivity contribution < 1.29 is 9.59 Å². The van der Waals surface area contributed by atoms with E-state index in [1.165, 1.54) is 23.8 Å². The summed E-state index contributed by atoms with van der Waals surface area (Å²) < 4.78 is 1.53. The highest BCUT2D eigenvalue weighted by molar-refractivity contribution is 5.96. The molecule has 1 saturated heterocycles. The van der Waals surface area contributed by atoms with Gasteiger partial charge >= 0.3 is 5.69 Å². The second-order valence-corrected chi connectivity index (χ2v) is 11.9. The van der Waals surface area contributed by atoms with Crippen molar-refractivity contribution in [3.8, 4) is 11.1 Å². The molecule has 0 unspecified atom stereocenters. The minimum Gasteiger partial charge on any atom is -0.339 e. The van der Waals surface area contributed by atoms with E-state index in [-0.39, 0.29) is 17.0 Å². The number of carbonyl (C=O) groups excluding carboxylic acids is 2. The minimum absolute atomic E-state index is 0.00756. The fraction of sp³-hybridized carbons (Fsp3) is 0.517. The summed E-state index contributed by atoms with van der Waals surface area (Å²) in [5, 5.41) is 0. The van der Waals surface area contributed by atoms with Crippen LogP contribution in [0.4, 0.5) is 0 Å². The number of piperazine rings is 1. The third-order valence-corrected chi connectivity index (χ3v) is 9.55. The van der Waals surface area contributed by atoms with Gasteiger partial charge in [0.2, 0.25) is 5.91 Å². The zero-order valence-corrected chi connectivity index (χ0v) is 21.3. The SMILES string of the molecule is Cn1c(=O)[nH]c2ncc(-c3cccc(C(=O)N4CCN(C(=O)C56CC7CC(CC(C7)C5)C6)CC4)c3)cc21. The number of carbonyl (C=O) groups is 2. The molecule has 192 valence electrons. The average Bonchev–Trinajstić information content (AvgIpc) is 3.19. The van der Waals surface area contributed by atoms with Crippen LogP contribution in [0.3, 0.4) is 0 Å². The molecule has 1 aromatic carbocycles. The highest BCUT2D eigenvalue weighted by atomic mass is 16.2. The second-order valence-electron chi connectivity index (χ2n) is 11.9. The monoisotopic (exact) mass is 499 g/mol. The van der Waals surface area contributed by atoms with Gasteiger partial charge in [-0.05, 0) is 80.0 Å². The van der Waals surface area contributed by atoms with Gasteiger partial charge in [0.15, 0.2) is 5.65 Å². The standard InChI is InChI=1S/C29H33N5O3/c1-32-24-13-23(17-30-25(24)31-28(32)37)21-3-2-4-22(12-21)26(35)33-5-7-34(8-6-33)27(36)29-14-18-9-19(15-29)11-20(10-18)16-29/h2-4,12-13,17-20H,5-11,14-16H2,1H3,(H,30,31,37). The van der Waals surface area contributed by atoms with E-state index in [9.17, 15) is 14.4 Å². The summed E-state index contributed by atoms with van der Waals surface area (Å²) in [6.07, 6.45) is 8.98. The zero-order valence-electron chi connectivity index (χ0n) is 21.3. The van der Waals surface area contributed by atoms with Gasteiger partial charge in [0, 0.05) is 50.6 Å². The van der Waals surface area contributed by atoms with Crippen LogP contribution in [0.2, 0.25) is 0 Å². The van der Waals surface area contributed by atoms with E-state index in [2.05, 4.69) is 14.9 Å². The predicted octanol–water partition coefficient (Wildman–Crippen LogP) is 3.43. The topological polar surface area (TPSA) is 91.3 Å². The number of pyridine rings is 1. The van der Waals surface area contributed by atoms with Crippen molar-refractivity contribution in [1.82, 2.24) is 24.3 Å². The Morgan fingerprint density at radius 1 is 0.919 bits per heavy atom. The fourth-order valence-corrected chi connectivity index (χ4v) is 8.09. The molecule has 0 atom stereocenters. The first kappa shape index (κ1) is 22.8. The van der Waals surface area contributed by atoms with Crippen molar-refractivity contribution in [1.29, 1.82) is 0 Å². The van der Waals surface area contributed by atoms with Crippen molar-refractivity contribution in [3.63, 3.8) is 0 Å². The summed E-state index contributed by atoms with van der Waals surface area (Å²) in [4.78, 5) is 50.1. The number of fused-ring (bicyclic) bond motifs is 1. The number of nitrogens with zero attached hydrogens (tertiary/aromatic N) is 4. The lowest BCUT2D eigenvalue weighted by molar-refractivity contribution is -0.159. The van der Waals surface area contributed by atoms with Gasteiger partial charge in [-0.25, -0.2) is 9.78 Å². The van der Waals surface area contributed by atoms with Crippen molar-refractivity contribution in [2.75, 3.05) is 26.2 Å². The number of aromatic amines is 1. The van der Waals surface area contributed by atoms with E-state index >= 15 is 0 Å². The molecule has 1 aliphatic heterocycles. The van der Waals surface area contributed by atoms with E-state index in [4.69, 9.17) is 0 Å². The highest BCUT2D eigenvalue weighted by Gasteiger charge is 2.55. The van der Waals surface area contributed by atoms with Gasteiger partial charge in [0.25, 0.3) is 5.91 Å². The number of rotatable bonds is 3. The van der Waals surface area contributed by atoms with Crippen LogP contribution in [0.15, 0.2) is 41.3 Å².